The van der Waals surface area contributed by atoms with E-state index in [-0.39, 0.29) is 28.8 Å². The lowest BCUT2D eigenvalue weighted by Gasteiger charge is -2.35. The number of hydrogen-bond donors (Lipinski definition) is 1. The van der Waals surface area contributed by atoms with Crippen molar-refractivity contribution in [3.05, 3.63) is 63.2 Å². The van der Waals surface area contributed by atoms with Crippen molar-refractivity contribution < 1.29 is 22.9 Å². The van der Waals surface area contributed by atoms with Crippen molar-refractivity contribution in [2.75, 3.05) is 42.9 Å². The van der Waals surface area contributed by atoms with Crippen molar-refractivity contribution in [2.24, 2.45) is 0 Å². The molecule has 3 rings (SSSR count). The molecule has 0 bridgehead atoms. The number of benzene rings is 2. The van der Waals surface area contributed by atoms with Crippen molar-refractivity contribution in [1.82, 2.24) is 4.90 Å². The Balaban J connectivity index is 1.54. The maximum absolute atomic E-state index is 12.6. The topological polar surface area (TPSA) is 78.7 Å². The van der Waals surface area contributed by atoms with Crippen LogP contribution < -0.4 is 10.2 Å². The fraction of sp³-hybridized carbons (Fsp3) is 0.316. The average Bonchev–Trinajstić information content (AvgIpc) is 2.68. The minimum atomic E-state index is -4.43. The molecule has 11 heteroatoms. The number of alkyl halides is 3. The SMILES string of the molecule is O=C(CN1CCN(c2ccc(Cl)cc2[N+](=O)[O-])CC1)Nc1ccc(C(F)(F)F)cc1. The molecule has 7 nitrogen and oxygen atoms in total. The Morgan fingerprint density at radius 1 is 1.10 bits per heavy atom. The number of piperazine rings is 1. The van der Waals surface area contributed by atoms with Gasteiger partial charge in [0.1, 0.15) is 5.69 Å². The Labute approximate surface area is 175 Å². The van der Waals surface area contributed by atoms with Crippen LogP contribution >= 0.6 is 11.6 Å². The van der Waals surface area contributed by atoms with E-state index in [9.17, 15) is 28.1 Å². The first-order chi connectivity index (χ1) is 14.1. The molecule has 2 aromatic rings. The van der Waals surface area contributed by atoms with Gasteiger partial charge in [0.2, 0.25) is 5.91 Å². The molecular formula is C19H18ClF3N4O3. The van der Waals surface area contributed by atoms with Crippen LogP contribution in [0.15, 0.2) is 42.5 Å². The van der Waals surface area contributed by atoms with Gasteiger partial charge in [-0.3, -0.25) is 19.8 Å². The molecule has 1 heterocycles. The Bertz CT molecular complexity index is 930. The third kappa shape index (κ3) is 5.39. The molecule has 160 valence electrons. The number of anilines is 2. The Hall–Kier alpha value is -2.85. The summed E-state index contributed by atoms with van der Waals surface area (Å²) in [4.78, 5) is 26.7. The van der Waals surface area contributed by atoms with Gasteiger partial charge in [-0.2, -0.15) is 13.2 Å². The van der Waals surface area contributed by atoms with Gasteiger partial charge >= 0.3 is 6.18 Å². The normalized spacial score (nSPS) is 15.1. The smallest absolute Gasteiger partial charge is 0.363 e. The number of amides is 1. The summed E-state index contributed by atoms with van der Waals surface area (Å²) in [5, 5.41) is 14.1. The first kappa shape index (κ1) is 21.8. The van der Waals surface area contributed by atoms with Gasteiger partial charge in [-0.25, -0.2) is 0 Å². The van der Waals surface area contributed by atoms with Crippen LogP contribution in [0.5, 0.6) is 0 Å². The Kier molecular flexibility index (Phi) is 6.47. The maximum atomic E-state index is 12.6. The number of rotatable bonds is 5. The van der Waals surface area contributed by atoms with Gasteiger partial charge in [-0.1, -0.05) is 11.6 Å². The molecular weight excluding hydrogens is 425 g/mol. The zero-order chi connectivity index (χ0) is 21.9. The van der Waals surface area contributed by atoms with Crippen molar-refractivity contribution >= 4 is 34.6 Å². The third-order valence-electron chi connectivity index (χ3n) is 4.71. The summed E-state index contributed by atoms with van der Waals surface area (Å²) in [6.45, 7) is 2.03. The molecule has 0 atom stereocenters. The number of hydrogen-bond acceptors (Lipinski definition) is 5. The largest absolute Gasteiger partial charge is 0.416 e. The first-order valence-corrected chi connectivity index (χ1v) is 9.39. The highest BCUT2D eigenvalue weighted by Crippen LogP contribution is 2.32. The predicted octanol–water partition coefficient (Wildman–Crippen LogP) is 4.03. The van der Waals surface area contributed by atoms with Crippen LogP contribution in [0.4, 0.5) is 30.2 Å². The summed E-state index contributed by atoms with van der Waals surface area (Å²) in [6, 6.07) is 8.74. The minimum absolute atomic E-state index is 0.0670. The summed E-state index contributed by atoms with van der Waals surface area (Å²) in [5.41, 5.74) is -0.106. The van der Waals surface area contributed by atoms with E-state index in [4.69, 9.17) is 11.6 Å². The number of nitro benzene ring substituents is 1. The molecule has 0 aromatic heterocycles. The lowest BCUT2D eigenvalue weighted by molar-refractivity contribution is -0.384. The van der Waals surface area contributed by atoms with Gasteiger partial charge in [0.05, 0.1) is 17.0 Å². The fourth-order valence-corrected chi connectivity index (χ4v) is 3.37. The summed E-state index contributed by atoms with van der Waals surface area (Å²) in [7, 11) is 0. The van der Waals surface area contributed by atoms with E-state index >= 15 is 0 Å². The minimum Gasteiger partial charge on any atom is -0.363 e. The number of carbonyl (C=O) groups is 1. The van der Waals surface area contributed by atoms with Gasteiger partial charge in [0, 0.05) is 43.0 Å². The molecule has 1 aliphatic rings. The van der Waals surface area contributed by atoms with E-state index in [0.29, 0.717) is 31.9 Å². The molecule has 30 heavy (non-hydrogen) atoms. The van der Waals surface area contributed by atoms with E-state index in [1.165, 1.54) is 18.2 Å². The van der Waals surface area contributed by atoms with E-state index in [1.807, 2.05) is 9.80 Å². The van der Waals surface area contributed by atoms with Crippen molar-refractivity contribution in [2.45, 2.75) is 6.18 Å². The average molecular weight is 443 g/mol. The van der Waals surface area contributed by atoms with Gasteiger partial charge in [-0.15, -0.1) is 0 Å². The molecule has 1 fully saturated rings. The van der Waals surface area contributed by atoms with Crippen molar-refractivity contribution in [1.29, 1.82) is 0 Å². The van der Waals surface area contributed by atoms with Crippen LogP contribution in [0.25, 0.3) is 0 Å². The van der Waals surface area contributed by atoms with Crippen molar-refractivity contribution in [3.63, 3.8) is 0 Å². The van der Waals surface area contributed by atoms with E-state index in [1.54, 1.807) is 12.1 Å². The highest BCUT2D eigenvalue weighted by atomic mass is 35.5. The second-order valence-electron chi connectivity index (χ2n) is 6.78. The number of carbonyl (C=O) groups excluding carboxylic acids is 1. The molecule has 1 saturated heterocycles. The monoisotopic (exact) mass is 442 g/mol. The van der Waals surface area contributed by atoms with Crippen LogP contribution in [-0.4, -0.2) is 48.5 Å². The second kappa shape index (κ2) is 8.88. The predicted molar refractivity (Wildman–Crippen MR) is 107 cm³/mol. The zero-order valence-electron chi connectivity index (χ0n) is 15.7. The summed E-state index contributed by atoms with van der Waals surface area (Å²) in [5.74, 6) is -0.347. The highest BCUT2D eigenvalue weighted by molar-refractivity contribution is 6.30. The summed E-state index contributed by atoms with van der Waals surface area (Å²) in [6.07, 6.45) is -4.43. The number of nitrogens with zero attached hydrogens (tertiary/aromatic N) is 3. The quantitative estimate of drug-likeness (QED) is 0.558. The molecule has 1 amide bonds. The van der Waals surface area contributed by atoms with Crippen LogP contribution in [0.3, 0.4) is 0 Å². The fourth-order valence-electron chi connectivity index (χ4n) is 3.20. The Morgan fingerprint density at radius 3 is 2.30 bits per heavy atom. The van der Waals surface area contributed by atoms with Crippen LogP contribution in [-0.2, 0) is 11.0 Å². The zero-order valence-corrected chi connectivity index (χ0v) is 16.4. The molecule has 0 aliphatic carbocycles. The molecule has 2 aromatic carbocycles. The number of halogens is 4. The standard InChI is InChI=1S/C19H18ClF3N4O3/c20-14-3-6-16(17(11-14)27(29)30)26-9-7-25(8-10-26)12-18(28)24-15-4-1-13(2-5-15)19(21,22)23/h1-6,11H,7-10,12H2,(H,24,28). The molecule has 0 saturated carbocycles. The summed E-state index contributed by atoms with van der Waals surface area (Å²) < 4.78 is 37.8. The van der Waals surface area contributed by atoms with Gasteiger partial charge in [0.15, 0.2) is 0 Å². The molecule has 0 spiro atoms. The molecule has 1 N–H and O–H groups in total. The van der Waals surface area contributed by atoms with E-state index < -0.39 is 16.7 Å². The van der Waals surface area contributed by atoms with Crippen molar-refractivity contribution in [3.8, 4) is 0 Å². The molecule has 0 unspecified atom stereocenters. The molecule has 0 radical (unpaired) electrons. The summed E-state index contributed by atoms with van der Waals surface area (Å²) >= 11 is 5.85. The Morgan fingerprint density at radius 2 is 1.73 bits per heavy atom. The third-order valence-corrected chi connectivity index (χ3v) is 4.95. The first-order valence-electron chi connectivity index (χ1n) is 9.02. The van der Waals surface area contributed by atoms with E-state index in [0.717, 1.165) is 12.1 Å². The van der Waals surface area contributed by atoms with E-state index in [2.05, 4.69) is 5.32 Å². The van der Waals surface area contributed by atoms with Gasteiger partial charge in [-0.05, 0) is 36.4 Å². The van der Waals surface area contributed by atoms with Crippen LogP contribution in [0.2, 0.25) is 5.02 Å². The number of nitro groups is 1. The maximum Gasteiger partial charge on any atom is 0.416 e. The van der Waals surface area contributed by atoms with Crippen LogP contribution in [0.1, 0.15) is 5.56 Å². The van der Waals surface area contributed by atoms with Gasteiger partial charge in [0.25, 0.3) is 5.69 Å². The second-order valence-corrected chi connectivity index (χ2v) is 7.21. The molecule has 1 aliphatic heterocycles. The van der Waals surface area contributed by atoms with Gasteiger partial charge < -0.3 is 10.2 Å². The highest BCUT2D eigenvalue weighted by Gasteiger charge is 2.30. The lowest BCUT2D eigenvalue weighted by atomic mass is 10.2. The number of nitrogens with one attached hydrogen (secondary N) is 1. The lowest BCUT2D eigenvalue weighted by Crippen LogP contribution is -2.48. The van der Waals surface area contributed by atoms with Crippen LogP contribution in [0, 0.1) is 10.1 Å².